The Morgan fingerprint density at radius 2 is 2.10 bits per heavy atom. The van der Waals surface area contributed by atoms with E-state index in [-0.39, 0.29) is 5.84 Å². The normalized spacial score (nSPS) is 11.4. The standard InChI is InChI=1S/C14H13ClFN3O/c15-11-2-1-3-12(7-11)18-8-10-5-4-9(6-13(10)16)14(17)19-20/h1-7,18,20H,8H2,(H2,17,19). The molecule has 0 bridgehead atoms. The zero-order valence-corrected chi connectivity index (χ0v) is 11.2. The monoisotopic (exact) mass is 293 g/mol. The fraction of sp³-hybridized carbons (Fsp3) is 0.0714. The van der Waals surface area contributed by atoms with E-state index in [1.54, 1.807) is 24.3 Å². The van der Waals surface area contributed by atoms with Gasteiger partial charge in [-0.1, -0.05) is 35.0 Å². The van der Waals surface area contributed by atoms with Crippen LogP contribution in [0.25, 0.3) is 0 Å². The number of nitrogens with one attached hydrogen (secondary N) is 1. The lowest BCUT2D eigenvalue weighted by atomic mass is 10.1. The number of hydrogen-bond donors (Lipinski definition) is 3. The summed E-state index contributed by atoms with van der Waals surface area (Å²) >= 11 is 5.86. The molecule has 20 heavy (non-hydrogen) atoms. The van der Waals surface area contributed by atoms with Crippen molar-refractivity contribution in [2.24, 2.45) is 10.9 Å². The van der Waals surface area contributed by atoms with E-state index >= 15 is 0 Å². The van der Waals surface area contributed by atoms with Gasteiger partial charge >= 0.3 is 0 Å². The van der Waals surface area contributed by atoms with Crippen molar-refractivity contribution in [1.29, 1.82) is 0 Å². The van der Waals surface area contributed by atoms with Crippen LogP contribution >= 0.6 is 11.6 Å². The van der Waals surface area contributed by atoms with Crippen LogP contribution in [0.3, 0.4) is 0 Å². The zero-order valence-electron chi connectivity index (χ0n) is 10.5. The molecule has 0 aliphatic carbocycles. The predicted molar refractivity (Wildman–Crippen MR) is 77.7 cm³/mol. The molecule has 104 valence electrons. The summed E-state index contributed by atoms with van der Waals surface area (Å²) in [5.41, 5.74) is 7.00. The molecule has 0 saturated heterocycles. The summed E-state index contributed by atoms with van der Waals surface area (Å²) in [6.45, 7) is 0.308. The number of nitrogens with two attached hydrogens (primary N) is 1. The molecule has 2 aromatic carbocycles. The van der Waals surface area contributed by atoms with Crippen LogP contribution in [0.4, 0.5) is 10.1 Å². The number of oxime groups is 1. The first-order chi connectivity index (χ1) is 9.60. The van der Waals surface area contributed by atoms with E-state index in [1.807, 2.05) is 12.1 Å². The quantitative estimate of drug-likeness (QED) is 0.351. The first-order valence-corrected chi connectivity index (χ1v) is 6.23. The number of amidine groups is 1. The average Bonchev–Trinajstić information content (AvgIpc) is 2.45. The molecule has 0 heterocycles. The molecule has 0 amide bonds. The molecule has 0 atom stereocenters. The minimum Gasteiger partial charge on any atom is -0.409 e. The average molecular weight is 294 g/mol. The Morgan fingerprint density at radius 3 is 2.75 bits per heavy atom. The summed E-state index contributed by atoms with van der Waals surface area (Å²) in [7, 11) is 0. The molecule has 0 aliphatic rings. The Labute approximate surface area is 120 Å². The van der Waals surface area contributed by atoms with Crippen LogP contribution in [0, 0.1) is 5.82 Å². The molecule has 2 rings (SSSR count). The first-order valence-electron chi connectivity index (χ1n) is 5.86. The van der Waals surface area contributed by atoms with Gasteiger partial charge in [-0.25, -0.2) is 4.39 Å². The topological polar surface area (TPSA) is 70.6 Å². The molecular weight excluding hydrogens is 281 g/mol. The van der Waals surface area contributed by atoms with Gasteiger partial charge in [0, 0.05) is 28.4 Å². The van der Waals surface area contributed by atoms with Crippen molar-refractivity contribution >= 4 is 23.1 Å². The molecule has 0 radical (unpaired) electrons. The highest BCUT2D eigenvalue weighted by molar-refractivity contribution is 6.30. The summed E-state index contributed by atoms with van der Waals surface area (Å²) < 4.78 is 13.9. The summed E-state index contributed by atoms with van der Waals surface area (Å²) in [6, 6.07) is 11.6. The number of anilines is 1. The van der Waals surface area contributed by atoms with E-state index in [1.165, 1.54) is 6.07 Å². The number of hydrogen-bond acceptors (Lipinski definition) is 3. The van der Waals surface area contributed by atoms with Gasteiger partial charge in [0.25, 0.3) is 0 Å². The van der Waals surface area contributed by atoms with E-state index in [2.05, 4.69) is 10.5 Å². The molecule has 2 aromatic rings. The highest BCUT2D eigenvalue weighted by Gasteiger charge is 2.06. The van der Waals surface area contributed by atoms with Gasteiger partial charge in [-0.3, -0.25) is 0 Å². The number of rotatable bonds is 4. The largest absolute Gasteiger partial charge is 0.409 e. The number of halogens is 2. The van der Waals surface area contributed by atoms with Gasteiger partial charge in [0.15, 0.2) is 5.84 Å². The molecule has 6 heteroatoms. The molecule has 4 nitrogen and oxygen atoms in total. The van der Waals surface area contributed by atoms with Crippen LogP contribution in [0.5, 0.6) is 0 Å². The first kappa shape index (κ1) is 14.1. The van der Waals surface area contributed by atoms with E-state index in [0.29, 0.717) is 22.7 Å². The summed E-state index contributed by atoms with van der Waals surface area (Å²) in [5, 5.41) is 15.1. The van der Waals surface area contributed by atoms with Crippen molar-refractivity contribution in [3.63, 3.8) is 0 Å². The third kappa shape index (κ3) is 3.39. The second-order valence-electron chi connectivity index (χ2n) is 4.16. The van der Waals surface area contributed by atoms with Crippen LogP contribution in [-0.2, 0) is 6.54 Å². The molecule has 0 aliphatic heterocycles. The Balaban J connectivity index is 2.11. The zero-order chi connectivity index (χ0) is 14.5. The van der Waals surface area contributed by atoms with Crippen molar-refractivity contribution < 1.29 is 9.60 Å². The minimum atomic E-state index is -0.427. The van der Waals surface area contributed by atoms with Gasteiger partial charge in [0.2, 0.25) is 0 Å². The van der Waals surface area contributed by atoms with Gasteiger partial charge in [-0.15, -0.1) is 0 Å². The number of benzene rings is 2. The Hall–Kier alpha value is -2.27. The van der Waals surface area contributed by atoms with Crippen LogP contribution in [0.15, 0.2) is 47.6 Å². The van der Waals surface area contributed by atoms with E-state index in [0.717, 1.165) is 5.69 Å². The molecule has 0 spiro atoms. The van der Waals surface area contributed by atoms with Gasteiger partial charge < -0.3 is 16.3 Å². The lowest BCUT2D eigenvalue weighted by Gasteiger charge is -2.09. The lowest BCUT2D eigenvalue weighted by Crippen LogP contribution is -2.14. The fourth-order valence-corrected chi connectivity index (χ4v) is 1.89. The summed E-state index contributed by atoms with van der Waals surface area (Å²) in [6.07, 6.45) is 0. The van der Waals surface area contributed by atoms with Crippen LogP contribution in [-0.4, -0.2) is 11.0 Å². The van der Waals surface area contributed by atoms with Crippen LogP contribution in [0.2, 0.25) is 5.02 Å². The molecule has 0 aromatic heterocycles. The SMILES string of the molecule is NC(=NO)c1ccc(CNc2cccc(Cl)c2)c(F)c1. The van der Waals surface area contributed by atoms with Crippen molar-refractivity contribution in [2.45, 2.75) is 6.54 Å². The number of nitrogens with zero attached hydrogens (tertiary/aromatic N) is 1. The maximum absolute atomic E-state index is 13.9. The lowest BCUT2D eigenvalue weighted by molar-refractivity contribution is 0.318. The second kappa shape index (κ2) is 6.25. The third-order valence-electron chi connectivity index (χ3n) is 2.76. The summed E-state index contributed by atoms with van der Waals surface area (Å²) in [5.74, 6) is -0.554. The molecule has 0 unspecified atom stereocenters. The van der Waals surface area contributed by atoms with Crippen molar-refractivity contribution in [2.75, 3.05) is 5.32 Å². The molecule has 4 N–H and O–H groups in total. The van der Waals surface area contributed by atoms with Crippen LogP contribution in [0.1, 0.15) is 11.1 Å². The molecule has 0 saturated carbocycles. The summed E-state index contributed by atoms with van der Waals surface area (Å²) in [4.78, 5) is 0. The molecule has 0 fully saturated rings. The highest BCUT2D eigenvalue weighted by atomic mass is 35.5. The Kier molecular flexibility index (Phi) is 4.42. The van der Waals surface area contributed by atoms with Crippen LogP contribution < -0.4 is 11.1 Å². The highest BCUT2D eigenvalue weighted by Crippen LogP contribution is 2.17. The van der Waals surface area contributed by atoms with Crippen molar-refractivity contribution in [3.8, 4) is 0 Å². The predicted octanol–water partition coefficient (Wildman–Crippen LogP) is 3.19. The molecular formula is C14H13ClFN3O. The fourth-order valence-electron chi connectivity index (χ4n) is 1.70. The van der Waals surface area contributed by atoms with E-state index in [4.69, 9.17) is 22.5 Å². The third-order valence-corrected chi connectivity index (χ3v) is 3.00. The van der Waals surface area contributed by atoms with Gasteiger partial charge in [0.1, 0.15) is 5.82 Å². The Bertz CT molecular complexity index is 646. The van der Waals surface area contributed by atoms with E-state index < -0.39 is 5.82 Å². The maximum atomic E-state index is 13.9. The van der Waals surface area contributed by atoms with Gasteiger partial charge in [0.05, 0.1) is 0 Å². The smallest absolute Gasteiger partial charge is 0.170 e. The van der Waals surface area contributed by atoms with Gasteiger partial charge in [-0.05, 0) is 24.3 Å². The maximum Gasteiger partial charge on any atom is 0.170 e. The van der Waals surface area contributed by atoms with Gasteiger partial charge in [-0.2, -0.15) is 0 Å². The Morgan fingerprint density at radius 1 is 1.30 bits per heavy atom. The van der Waals surface area contributed by atoms with Crippen molar-refractivity contribution in [3.05, 3.63) is 64.4 Å². The minimum absolute atomic E-state index is 0.127. The second-order valence-corrected chi connectivity index (χ2v) is 4.59. The van der Waals surface area contributed by atoms with E-state index in [9.17, 15) is 4.39 Å². The van der Waals surface area contributed by atoms with Crippen molar-refractivity contribution in [1.82, 2.24) is 0 Å².